The average Bonchev–Trinajstić information content (AvgIpc) is 3.08. The highest BCUT2D eigenvalue weighted by molar-refractivity contribution is 5.94. The molecule has 0 saturated carbocycles. The SMILES string of the molecule is CCOC(=O)c1cc2cc(Cn3ccnc3)cc(O)c2o1. The summed E-state index contributed by atoms with van der Waals surface area (Å²) < 4.78 is 12.1. The van der Waals surface area contributed by atoms with Gasteiger partial charge in [-0.2, -0.15) is 0 Å². The first-order valence-electron chi connectivity index (χ1n) is 6.55. The number of carbonyl (C=O) groups is 1. The zero-order valence-corrected chi connectivity index (χ0v) is 11.4. The first-order chi connectivity index (χ1) is 10.2. The summed E-state index contributed by atoms with van der Waals surface area (Å²) in [5.74, 6) is -0.454. The first kappa shape index (κ1) is 13.2. The van der Waals surface area contributed by atoms with E-state index in [1.165, 1.54) is 0 Å². The highest BCUT2D eigenvalue weighted by Crippen LogP contribution is 2.30. The van der Waals surface area contributed by atoms with E-state index >= 15 is 0 Å². The van der Waals surface area contributed by atoms with Crippen LogP contribution in [0.5, 0.6) is 5.75 Å². The Labute approximate surface area is 120 Å². The van der Waals surface area contributed by atoms with Gasteiger partial charge in [0.15, 0.2) is 11.3 Å². The summed E-state index contributed by atoms with van der Waals surface area (Å²) in [5, 5.41) is 10.7. The third-order valence-corrected chi connectivity index (χ3v) is 3.06. The molecule has 0 spiro atoms. The number of ether oxygens (including phenoxy) is 1. The van der Waals surface area contributed by atoms with Crippen molar-refractivity contribution in [2.45, 2.75) is 13.5 Å². The van der Waals surface area contributed by atoms with E-state index in [0.29, 0.717) is 11.9 Å². The Morgan fingerprint density at radius 2 is 2.29 bits per heavy atom. The highest BCUT2D eigenvalue weighted by atomic mass is 16.5. The maximum atomic E-state index is 11.7. The van der Waals surface area contributed by atoms with Gasteiger partial charge in [0.1, 0.15) is 0 Å². The van der Waals surface area contributed by atoms with Crippen LogP contribution in [0.15, 0.2) is 41.3 Å². The standard InChI is InChI=1S/C15H14N2O4/c1-2-20-15(19)13-7-11-5-10(6-12(18)14(11)21-13)8-17-4-3-16-9-17/h3-7,9,18H,2,8H2,1H3. The number of esters is 1. The second-order valence-electron chi connectivity index (χ2n) is 4.60. The molecule has 1 aromatic carbocycles. The van der Waals surface area contributed by atoms with Gasteiger partial charge < -0.3 is 18.8 Å². The van der Waals surface area contributed by atoms with Crippen molar-refractivity contribution in [3.63, 3.8) is 0 Å². The van der Waals surface area contributed by atoms with Crippen molar-refractivity contribution in [2.75, 3.05) is 6.61 Å². The maximum Gasteiger partial charge on any atom is 0.374 e. The van der Waals surface area contributed by atoms with E-state index in [-0.39, 0.29) is 23.7 Å². The lowest BCUT2D eigenvalue weighted by atomic mass is 10.1. The number of carbonyl (C=O) groups excluding carboxylic acids is 1. The number of nitrogens with zero attached hydrogens (tertiary/aromatic N) is 2. The largest absolute Gasteiger partial charge is 0.504 e. The molecule has 108 valence electrons. The van der Waals surface area contributed by atoms with Crippen LogP contribution in [0.2, 0.25) is 0 Å². The van der Waals surface area contributed by atoms with Crippen LogP contribution in [-0.4, -0.2) is 27.2 Å². The van der Waals surface area contributed by atoms with E-state index in [1.54, 1.807) is 31.6 Å². The van der Waals surface area contributed by atoms with Crippen molar-refractivity contribution in [3.8, 4) is 5.75 Å². The van der Waals surface area contributed by atoms with Crippen molar-refractivity contribution in [1.29, 1.82) is 0 Å². The highest BCUT2D eigenvalue weighted by Gasteiger charge is 2.16. The quantitative estimate of drug-likeness (QED) is 0.746. The molecule has 0 bridgehead atoms. The second kappa shape index (κ2) is 5.32. The molecule has 0 fully saturated rings. The van der Waals surface area contributed by atoms with Gasteiger partial charge in [-0.25, -0.2) is 9.78 Å². The van der Waals surface area contributed by atoms with Gasteiger partial charge in [0.25, 0.3) is 0 Å². The van der Waals surface area contributed by atoms with E-state index in [1.807, 2.05) is 16.8 Å². The fraction of sp³-hybridized carbons (Fsp3) is 0.200. The monoisotopic (exact) mass is 286 g/mol. The minimum absolute atomic E-state index is 0.00170. The fourth-order valence-corrected chi connectivity index (χ4v) is 2.18. The molecule has 6 heteroatoms. The van der Waals surface area contributed by atoms with E-state index in [2.05, 4.69) is 4.98 Å². The number of hydrogen-bond donors (Lipinski definition) is 1. The van der Waals surface area contributed by atoms with E-state index in [9.17, 15) is 9.90 Å². The molecule has 2 aromatic heterocycles. The van der Waals surface area contributed by atoms with Crippen molar-refractivity contribution in [1.82, 2.24) is 9.55 Å². The summed E-state index contributed by atoms with van der Waals surface area (Å²) in [7, 11) is 0. The first-order valence-corrected chi connectivity index (χ1v) is 6.55. The van der Waals surface area contributed by atoms with Gasteiger partial charge in [0.05, 0.1) is 12.9 Å². The van der Waals surface area contributed by atoms with Crippen molar-refractivity contribution >= 4 is 16.9 Å². The number of imidazole rings is 1. The summed E-state index contributed by atoms with van der Waals surface area (Å²) in [5.41, 5.74) is 1.17. The maximum absolute atomic E-state index is 11.7. The predicted octanol–water partition coefficient (Wildman–Crippen LogP) is 2.56. The number of aromatic nitrogens is 2. The van der Waals surface area contributed by atoms with Crippen LogP contribution >= 0.6 is 0 Å². The smallest absolute Gasteiger partial charge is 0.374 e. The summed E-state index contributed by atoms with van der Waals surface area (Å²) >= 11 is 0. The number of aromatic hydroxyl groups is 1. The summed E-state index contributed by atoms with van der Waals surface area (Å²) in [6.45, 7) is 2.57. The van der Waals surface area contributed by atoms with Gasteiger partial charge in [-0.1, -0.05) is 0 Å². The molecule has 0 radical (unpaired) electrons. The summed E-state index contributed by atoms with van der Waals surface area (Å²) in [6, 6.07) is 5.05. The van der Waals surface area contributed by atoms with Crippen LogP contribution in [0.1, 0.15) is 23.0 Å². The van der Waals surface area contributed by atoms with Crippen molar-refractivity contribution in [2.24, 2.45) is 0 Å². The lowest BCUT2D eigenvalue weighted by molar-refractivity contribution is 0.0492. The number of fused-ring (bicyclic) bond motifs is 1. The Morgan fingerprint density at radius 1 is 1.43 bits per heavy atom. The molecule has 2 heterocycles. The Hall–Kier alpha value is -2.76. The van der Waals surface area contributed by atoms with Crippen LogP contribution in [-0.2, 0) is 11.3 Å². The molecule has 0 saturated heterocycles. The zero-order valence-electron chi connectivity index (χ0n) is 11.4. The Balaban J connectivity index is 1.97. The second-order valence-corrected chi connectivity index (χ2v) is 4.60. The Morgan fingerprint density at radius 3 is 3.00 bits per heavy atom. The van der Waals surface area contributed by atoms with E-state index in [4.69, 9.17) is 9.15 Å². The normalized spacial score (nSPS) is 10.9. The lowest BCUT2D eigenvalue weighted by Gasteiger charge is -2.03. The molecule has 3 rings (SSSR count). The lowest BCUT2D eigenvalue weighted by Crippen LogP contribution is -2.02. The molecule has 0 amide bonds. The number of benzene rings is 1. The van der Waals surface area contributed by atoms with Gasteiger partial charge >= 0.3 is 5.97 Å². The third-order valence-electron chi connectivity index (χ3n) is 3.06. The van der Waals surface area contributed by atoms with Gasteiger partial charge in [-0.15, -0.1) is 0 Å². The number of furan rings is 1. The molecule has 0 unspecified atom stereocenters. The Kier molecular flexibility index (Phi) is 3.35. The molecular weight excluding hydrogens is 272 g/mol. The van der Waals surface area contributed by atoms with Crippen LogP contribution in [0, 0.1) is 0 Å². The zero-order chi connectivity index (χ0) is 14.8. The molecule has 0 aliphatic heterocycles. The topological polar surface area (TPSA) is 77.5 Å². The number of hydrogen-bond acceptors (Lipinski definition) is 5. The molecule has 1 N–H and O–H groups in total. The average molecular weight is 286 g/mol. The molecule has 3 aromatic rings. The summed E-state index contributed by atoms with van der Waals surface area (Å²) in [6.07, 6.45) is 5.22. The number of rotatable bonds is 4. The van der Waals surface area contributed by atoms with Crippen molar-refractivity contribution in [3.05, 3.63) is 48.2 Å². The molecule has 0 atom stereocenters. The third kappa shape index (κ3) is 2.60. The van der Waals surface area contributed by atoms with Crippen LogP contribution in [0.4, 0.5) is 0 Å². The number of phenols is 1. The molecule has 0 aliphatic carbocycles. The minimum atomic E-state index is -0.538. The van der Waals surface area contributed by atoms with E-state index in [0.717, 1.165) is 5.56 Å². The van der Waals surface area contributed by atoms with Gasteiger partial charge in [-0.05, 0) is 30.7 Å². The van der Waals surface area contributed by atoms with Crippen molar-refractivity contribution < 1.29 is 19.1 Å². The fourth-order valence-electron chi connectivity index (χ4n) is 2.18. The molecule has 6 nitrogen and oxygen atoms in total. The summed E-state index contributed by atoms with van der Waals surface area (Å²) in [4.78, 5) is 15.6. The predicted molar refractivity (Wildman–Crippen MR) is 75.2 cm³/mol. The van der Waals surface area contributed by atoms with Crippen LogP contribution in [0.3, 0.4) is 0 Å². The Bertz CT molecular complexity index is 774. The number of phenolic OH excluding ortho intramolecular Hbond substituents is 1. The van der Waals surface area contributed by atoms with Gasteiger partial charge in [-0.3, -0.25) is 0 Å². The molecule has 21 heavy (non-hydrogen) atoms. The molecular formula is C15H14N2O4. The molecule has 0 aliphatic rings. The van der Waals surface area contributed by atoms with Gasteiger partial charge in [0, 0.05) is 24.3 Å². The van der Waals surface area contributed by atoms with E-state index < -0.39 is 5.97 Å². The minimum Gasteiger partial charge on any atom is -0.504 e. The van der Waals surface area contributed by atoms with Gasteiger partial charge in [0.2, 0.25) is 5.76 Å². The van der Waals surface area contributed by atoms with Crippen LogP contribution < -0.4 is 0 Å². The van der Waals surface area contributed by atoms with Crippen LogP contribution in [0.25, 0.3) is 11.0 Å².